The first-order valence-electron chi connectivity index (χ1n) is 14.4. The fourth-order valence-corrected chi connectivity index (χ4v) is 6.97. The molecule has 2 heterocycles. The summed E-state index contributed by atoms with van der Waals surface area (Å²) < 4.78 is 25.8. The van der Waals surface area contributed by atoms with Gasteiger partial charge in [-0.2, -0.15) is 0 Å². The molecule has 2 N–H and O–H groups in total. The first-order chi connectivity index (χ1) is 22.7. The van der Waals surface area contributed by atoms with E-state index in [1.165, 1.54) is 48.0 Å². The van der Waals surface area contributed by atoms with Crippen LogP contribution >= 0.6 is 23.1 Å². The number of aryl methyl sites for hydroxylation is 1. The largest absolute Gasteiger partial charge is 0.507 e. The number of methoxy groups -OCH3 is 1. The Labute approximate surface area is 277 Å². The molecule has 238 valence electrons. The number of aliphatic hydroxyl groups excluding tert-OH is 1. The Morgan fingerprint density at radius 3 is 2.43 bits per heavy atom. The number of benzene rings is 4. The van der Waals surface area contributed by atoms with Gasteiger partial charge in [-0.15, -0.1) is 10.2 Å². The molecule has 12 heteroatoms. The van der Waals surface area contributed by atoms with Crippen LogP contribution < -0.4 is 14.4 Å². The number of ketones is 1. The highest BCUT2D eigenvalue weighted by molar-refractivity contribution is 8.00. The number of hydrogen-bond donors (Lipinski definition) is 2. The average molecular weight is 670 g/mol. The number of halogens is 1. The van der Waals surface area contributed by atoms with E-state index >= 15 is 0 Å². The number of aliphatic hydroxyl groups is 1. The van der Waals surface area contributed by atoms with Gasteiger partial charge in [0, 0.05) is 11.3 Å². The number of rotatable bonds is 10. The van der Waals surface area contributed by atoms with Gasteiger partial charge in [-0.3, -0.25) is 14.5 Å². The monoisotopic (exact) mass is 669 g/mol. The first-order valence-corrected chi connectivity index (χ1v) is 16.2. The third-order valence-electron chi connectivity index (χ3n) is 7.66. The predicted octanol–water partition coefficient (Wildman–Crippen LogP) is 7.20. The molecule has 1 aromatic heterocycles. The molecular formula is C35H28FN3O6S2. The van der Waals surface area contributed by atoms with E-state index < -0.39 is 23.5 Å². The number of anilines is 1. The maximum Gasteiger partial charge on any atom is 0.301 e. The lowest BCUT2D eigenvalue weighted by Crippen LogP contribution is -2.29. The van der Waals surface area contributed by atoms with Gasteiger partial charge < -0.3 is 19.7 Å². The number of phenolic OH excluding ortho intramolecular Hbond substituents is 1. The second-order valence-electron chi connectivity index (χ2n) is 10.6. The van der Waals surface area contributed by atoms with Gasteiger partial charge >= 0.3 is 5.91 Å². The Balaban J connectivity index is 1.33. The predicted molar refractivity (Wildman–Crippen MR) is 177 cm³/mol. The highest BCUT2D eigenvalue weighted by Gasteiger charge is 2.48. The molecule has 1 aliphatic heterocycles. The van der Waals surface area contributed by atoms with Gasteiger partial charge in [-0.25, -0.2) is 4.39 Å². The van der Waals surface area contributed by atoms with Gasteiger partial charge in [0.1, 0.15) is 23.9 Å². The van der Waals surface area contributed by atoms with E-state index in [0.29, 0.717) is 33.4 Å². The molecule has 0 aliphatic carbocycles. The fourth-order valence-electron chi connectivity index (χ4n) is 5.12. The molecule has 1 saturated heterocycles. The summed E-state index contributed by atoms with van der Waals surface area (Å²) in [5, 5.41) is 30.3. The van der Waals surface area contributed by atoms with E-state index in [4.69, 9.17) is 9.47 Å². The highest BCUT2D eigenvalue weighted by Crippen LogP contribution is 2.45. The summed E-state index contributed by atoms with van der Waals surface area (Å²) in [7, 11) is 1.38. The molecule has 6 rings (SSSR count). The molecule has 5 aromatic rings. The summed E-state index contributed by atoms with van der Waals surface area (Å²) in [6.07, 6.45) is 0. The second-order valence-corrected chi connectivity index (χ2v) is 12.7. The lowest BCUT2D eigenvalue weighted by molar-refractivity contribution is -0.132. The molecule has 9 nitrogen and oxygen atoms in total. The van der Waals surface area contributed by atoms with E-state index in [1.54, 1.807) is 42.5 Å². The quantitative estimate of drug-likeness (QED) is 0.0523. The van der Waals surface area contributed by atoms with Crippen LogP contribution in [0.25, 0.3) is 5.76 Å². The van der Waals surface area contributed by atoms with Crippen LogP contribution in [-0.2, 0) is 21.9 Å². The standard InChI is InChI=1S/C35H28FN3O6S2/c1-20-7-3-4-8-23(20)18-45-25-14-11-21(12-15-25)31(41)29-30(22-13-16-27(40)28(17-22)44-2)39(33(43)32(29)42)34-37-38-35(47-34)46-19-24-9-5-6-10-26(24)36/h3-17,30,40-41H,18-19H2,1-2H3. The van der Waals surface area contributed by atoms with E-state index in [-0.39, 0.29) is 33.8 Å². The van der Waals surface area contributed by atoms with E-state index in [1.807, 2.05) is 31.2 Å². The van der Waals surface area contributed by atoms with E-state index in [0.717, 1.165) is 22.5 Å². The van der Waals surface area contributed by atoms with Crippen LogP contribution in [0.2, 0.25) is 0 Å². The summed E-state index contributed by atoms with van der Waals surface area (Å²) in [5.74, 6) is -1.77. The van der Waals surface area contributed by atoms with Crippen LogP contribution in [0.5, 0.6) is 17.2 Å². The third-order valence-corrected chi connectivity index (χ3v) is 9.76. The zero-order valence-corrected chi connectivity index (χ0v) is 26.8. The molecule has 1 aliphatic rings. The lowest BCUT2D eigenvalue weighted by atomic mass is 9.95. The molecule has 1 atom stereocenters. The average Bonchev–Trinajstić information content (AvgIpc) is 3.65. The van der Waals surface area contributed by atoms with Crippen molar-refractivity contribution in [2.75, 3.05) is 12.0 Å². The molecule has 1 unspecified atom stereocenters. The minimum atomic E-state index is -1.13. The van der Waals surface area contributed by atoms with Crippen molar-refractivity contribution in [3.8, 4) is 17.2 Å². The minimum Gasteiger partial charge on any atom is -0.507 e. The number of thioether (sulfide) groups is 1. The number of aromatic nitrogens is 2. The molecule has 4 aromatic carbocycles. The summed E-state index contributed by atoms with van der Waals surface area (Å²) in [6, 6.07) is 24.1. The van der Waals surface area contributed by atoms with Gasteiger partial charge in [0.05, 0.1) is 18.7 Å². The van der Waals surface area contributed by atoms with Crippen molar-refractivity contribution in [3.63, 3.8) is 0 Å². The van der Waals surface area contributed by atoms with Gasteiger partial charge in [0.2, 0.25) is 5.13 Å². The van der Waals surface area contributed by atoms with Gasteiger partial charge in [0.25, 0.3) is 5.78 Å². The molecule has 0 bridgehead atoms. The van der Waals surface area contributed by atoms with Crippen molar-refractivity contribution in [2.45, 2.75) is 29.7 Å². The summed E-state index contributed by atoms with van der Waals surface area (Å²) in [4.78, 5) is 28.4. The zero-order chi connectivity index (χ0) is 33.1. The van der Waals surface area contributed by atoms with E-state index in [9.17, 15) is 24.2 Å². The van der Waals surface area contributed by atoms with Crippen molar-refractivity contribution in [3.05, 3.63) is 130 Å². The second kappa shape index (κ2) is 13.7. The van der Waals surface area contributed by atoms with Crippen molar-refractivity contribution in [1.82, 2.24) is 10.2 Å². The number of carbonyl (C=O) groups is 2. The van der Waals surface area contributed by atoms with Crippen LogP contribution in [0.1, 0.15) is 33.9 Å². The van der Waals surface area contributed by atoms with Crippen molar-refractivity contribution in [1.29, 1.82) is 0 Å². The summed E-state index contributed by atoms with van der Waals surface area (Å²) in [5.41, 5.74) is 3.12. The third kappa shape index (κ3) is 6.56. The first kappa shape index (κ1) is 31.8. The van der Waals surface area contributed by atoms with Crippen LogP contribution in [0.4, 0.5) is 9.52 Å². The molecule has 1 amide bonds. The molecular weight excluding hydrogens is 642 g/mol. The molecule has 0 radical (unpaired) electrons. The fraction of sp³-hybridized carbons (Fsp3) is 0.143. The summed E-state index contributed by atoms with van der Waals surface area (Å²) in [6.45, 7) is 2.36. The van der Waals surface area contributed by atoms with Gasteiger partial charge in [0.15, 0.2) is 15.8 Å². The molecule has 0 saturated carbocycles. The molecule has 47 heavy (non-hydrogen) atoms. The van der Waals surface area contributed by atoms with Crippen LogP contribution in [0.15, 0.2) is 101 Å². The Kier molecular flexibility index (Phi) is 9.23. The Morgan fingerprint density at radius 2 is 1.70 bits per heavy atom. The number of nitrogens with zero attached hydrogens (tertiary/aromatic N) is 3. The maximum atomic E-state index is 14.2. The number of hydrogen-bond acceptors (Lipinski definition) is 10. The van der Waals surface area contributed by atoms with Crippen molar-refractivity contribution >= 4 is 45.7 Å². The smallest absolute Gasteiger partial charge is 0.301 e. The molecule has 0 spiro atoms. The number of carbonyl (C=O) groups excluding carboxylic acids is 2. The zero-order valence-electron chi connectivity index (χ0n) is 25.2. The number of Topliss-reactive ketones (excluding diaryl/α,β-unsaturated/α-hetero) is 1. The lowest BCUT2D eigenvalue weighted by Gasteiger charge is -2.23. The van der Waals surface area contributed by atoms with E-state index in [2.05, 4.69) is 10.2 Å². The van der Waals surface area contributed by atoms with Crippen LogP contribution in [0, 0.1) is 12.7 Å². The molecule has 1 fully saturated rings. The Morgan fingerprint density at radius 1 is 0.979 bits per heavy atom. The minimum absolute atomic E-state index is 0.110. The van der Waals surface area contributed by atoms with Gasteiger partial charge in [-0.1, -0.05) is 71.6 Å². The SMILES string of the molecule is COc1cc(C2C(=C(O)c3ccc(OCc4ccccc4C)cc3)C(=O)C(=O)N2c2nnc(SCc3ccccc3F)s2)ccc1O. The Hall–Kier alpha value is -5.20. The van der Waals surface area contributed by atoms with Crippen molar-refractivity contribution in [2.24, 2.45) is 0 Å². The van der Waals surface area contributed by atoms with Crippen LogP contribution in [-0.4, -0.2) is 39.2 Å². The topological polar surface area (TPSA) is 122 Å². The summed E-state index contributed by atoms with van der Waals surface area (Å²) >= 11 is 2.30. The Bertz CT molecular complexity index is 2000. The van der Waals surface area contributed by atoms with Crippen molar-refractivity contribution < 1.29 is 33.7 Å². The van der Waals surface area contributed by atoms with Crippen LogP contribution in [0.3, 0.4) is 0 Å². The normalized spacial score (nSPS) is 15.6. The maximum absolute atomic E-state index is 14.2. The van der Waals surface area contributed by atoms with Gasteiger partial charge in [-0.05, 0) is 71.6 Å². The number of amides is 1. The number of phenols is 1. The highest BCUT2D eigenvalue weighted by atomic mass is 32.2. The number of aromatic hydroxyl groups is 1. The number of ether oxygens (including phenoxy) is 2.